The molecule has 0 aromatic rings. The molecule has 0 aromatic heterocycles. The monoisotopic (exact) mass is 213 g/mol. The van der Waals surface area contributed by atoms with E-state index < -0.39 is 5.97 Å². The molecule has 1 aliphatic carbocycles. The van der Waals surface area contributed by atoms with Gasteiger partial charge >= 0.3 is 5.97 Å². The van der Waals surface area contributed by atoms with Crippen LogP contribution in [0.25, 0.3) is 0 Å². The molecule has 0 bridgehead atoms. The van der Waals surface area contributed by atoms with E-state index in [0.29, 0.717) is 12.5 Å². The highest BCUT2D eigenvalue weighted by molar-refractivity contribution is 5.74. The molecule has 0 spiro atoms. The Balaban J connectivity index is 2.06. The zero-order chi connectivity index (χ0) is 10.8. The van der Waals surface area contributed by atoms with Gasteiger partial charge in [0.05, 0.1) is 6.61 Å². The highest BCUT2D eigenvalue weighted by Gasteiger charge is 2.42. The predicted molar refractivity (Wildman–Crippen MR) is 55.8 cm³/mol. The summed E-state index contributed by atoms with van der Waals surface area (Å²) in [6.45, 7) is 4.34. The van der Waals surface area contributed by atoms with Gasteiger partial charge in [0.25, 0.3) is 0 Å². The van der Waals surface area contributed by atoms with Gasteiger partial charge < -0.3 is 9.84 Å². The summed E-state index contributed by atoms with van der Waals surface area (Å²) in [4.78, 5) is 13.4. The van der Waals surface area contributed by atoms with Crippen molar-refractivity contribution in [1.29, 1.82) is 0 Å². The van der Waals surface area contributed by atoms with Gasteiger partial charge in [-0.25, -0.2) is 0 Å². The Labute approximate surface area is 90.2 Å². The molecule has 1 aliphatic heterocycles. The third-order valence-corrected chi connectivity index (χ3v) is 3.31. The quantitative estimate of drug-likeness (QED) is 0.758. The van der Waals surface area contributed by atoms with Crippen molar-refractivity contribution in [3.63, 3.8) is 0 Å². The van der Waals surface area contributed by atoms with E-state index in [4.69, 9.17) is 4.74 Å². The van der Waals surface area contributed by atoms with E-state index in [1.165, 1.54) is 0 Å². The van der Waals surface area contributed by atoms with Crippen LogP contribution in [0.3, 0.4) is 0 Å². The second-order valence-electron chi connectivity index (χ2n) is 4.64. The van der Waals surface area contributed by atoms with Gasteiger partial charge in [-0.3, -0.25) is 9.69 Å². The highest BCUT2D eigenvalue weighted by Crippen LogP contribution is 2.36. The van der Waals surface area contributed by atoms with E-state index in [9.17, 15) is 9.90 Å². The highest BCUT2D eigenvalue weighted by atomic mass is 16.5. The first-order chi connectivity index (χ1) is 7.20. The molecule has 2 atom stereocenters. The second-order valence-corrected chi connectivity index (χ2v) is 4.64. The molecular weight excluding hydrogens is 194 g/mol. The van der Waals surface area contributed by atoms with Crippen LogP contribution in [0.15, 0.2) is 0 Å². The van der Waals surface area contributed by atoms with Gasteiger partial charge in [-0.1, -0.05) is 0 Å². The standard InChI is InChI=1S/C11H19NO3/c1-8-7-15-6-2-5-12(8)10(11(13)14)9-3-4-9/h8-10H,2-7H2,1H3,(H,13,14). The molecule has 0 radical (unpaired) electrons. The number of hydrogen-bond acceptors (Lipinski definition) is 3. The Morgan fingerprint density at radius 3 is 2.87 bits per heavy atom. The van der Waals surface area contributed by atoms with Crippen molar-refractivity contribution < 1.29 is 14.6 Å². The number of carboxylic acids is 1. The van der Waals surface area contributed by atoms with Gasteiger partial charge in [0.1, 0.15) is 6.04 Å². The Morgan fingerprint density at radius 1 is 1.53 bits per heavy atom. The van der Waals surface area contributed by atoms with E-state index in [0.717, 1.165) is 32.4 Å². The van der Waals surface area contributed by atoms with E-state index in [1.807, 2.05) is 0 Å². The first-order valence-electron chi connectivity index (χ1n) is 5.76. The van der Waals surface area contributed by atoms with Crippen LogP contribution in [0.5, 0.6) is 0 Å². The van der Waals surface area contributed by atoms with Crippen LogP contribution in [0, 0.1) is 5.92 Å². The fourth-order valence-electron chi connectivity index (χ4n) is 2.36. The van der Waals surface area contributed by atoms with Crippen LogP contribution in [0.4, 0.5) is 0 Å². The summed E-state index contributed by atoms with van der Waals surface area (Å²) in [6, 6.07) is -0.0455. The molecule has 1 N–H and O–H groups in total. The molecule has 1 saturated carbocycles. The maximum absolute atomic E-state index is 11.3. The van der Waals surface area contributed by atoms with E-state index >= 15 is 0 Å². The third-order valence-electron chi connectivity index (χ3n) is 3.31. The lowest BCUT2D eigenvalue weighted by molar-refractivity contribution is -0.145. The van der Waals surface area contributed by atoms with Gasteiger partial charge in [-0.2, -0.15) is 0 Å². The molecule has 2 unspecified atom stereocenters. The predicted octanol–water partition coefficient (Wildman–Crippen LogP) is 0.960. The van der Waals surface area contributed by atoms with E-state index in [2.05, 4.69) is 11.8 Å². The third kappa shape index (κ3) is 2.49. The topological polar surface area (TPSA) is 49.8 Å². The minimum Gasteiger partial charge on any atom is -0.480 e. The second kappa shape index (κ2) is 4.49. The van der Waals surface area contributed by atoms with Gasteiger partial charge in [0.15, 0.2) is 0 Å². The van der Waals surface area contributed by atoms with Crippen LogP contribution < -0.4 is 0 Å². The number of rotatable bonds is 3. The first kappa shape index (κ1) is 10.9. The molecule has 4 heteroatoms. The molecule has 86 valence electrons. The van der Waals surface area contributed by atoms with Gasteiger partial charge in [0.2, 0.25) is 0 Å². The summed E-state index contributed by atoms with van der Waals surface area (Å²) in [7, 11) is 0. The van der Waals surface area contributed by atoms with Crippen LogP contribution >= 0.6 is 0 Å². The van der Waals surface area contributed by atoms with Crippen molar-refractivity contribution in [1.82, 2.24) is 4.90 Å². The minimum atomic E-state index is -0.661. The molecule has 15 heavy (non-hydrogen) atoms. The molecule has 4 nitrogen and oxygen atoms in total. The molecule has 2 aliphatic rings. The lowest BCUT2D eigenvalue weighted by Crippen LogP contribution is -2.48. The maximum Gasteiger partial charge on any atom is 0.321 e. The van der Waals surface area contributed by atoms with E-state index in [-0.39, 0.29) is 12.1 Å². The lowest BCUT2D eigenvalue weighted by Gasteiger charge is -2.32. The summed E-state index contributed by atoms with van der Waals surface area (Å²) in [5, 5.41) is 9.26. The molecular formula is C11H19NO3. The van der Waals surface area contributed by atoms with E-state index in [1.54, 1.807) is 0 Å². The SMILES string of the molecule is CC1COCCCN1C(C(=O)O)C1CC1. The number of aliphatic carboxylic acids is 1. The Kier molecular flexibility index (Phi) is 3.26. The molecule has 0 amide bonds. The van der Waals surface area contributed by atoms with Crippen LogP contribution in [-0.4, -0.2) is 47.8 Å². The zero-order valence-electron chi connectivity index (χ0n) is 9.19. The maximum atomic E-state index is 11.3. The Bertz CT molecular complexity index is 240. The van der Waals surface area contributed by atoms with Gasteiger partial charge in [-0.05, 0) is 32.1 Å². The summed E-state index contributed by atoms with van der Waals surface area (Å²) in [6.07, 6.45) is 3.09. The van der Waals surface area contributed by atoms with Crippen molar-refractivity contribution in [3.8, 4) is 0 Å². The minimum absolute atomic E-state index is 0.231. The largest absolute Gasteiger partial charge is 0.480 e. The van der Waals surface area contributed by atoms with Gasteiger partial charge in [-0.15, -0.1) is 0 Å². The zero-order valence-corrected chi connectivity index (χ0v) is 9.19. The lowest BCUT2D eigenvalue weighted by atomic mass is 10.1. The van der Waals surface area contributed by atoms with Crippen molar-refractivity contribution in [3.05, 3.63) is 0 Å². The van der Waals surface area contributed by atoms with Crippen molar-refractivity contribution in [2.45, 2.75) is 38.3 Å². The molecule has 0 aromatic carbocycles. The van der Waals surface area contributed by atoms with Crippen LogP contribution in [0.1, 0.15) is 26.2 Å². The molecule has 1 saturated heterocycles. The van der Waals surface area contributed by atoms with Crippen molar-refractivity contribution >= 4 is 5.97 Å². The number of hydrogen-bond donors (Lipinski definition) is 1. The van der Waals surface area contributed by atoms with Crippen LogP contribution in [-0.2, 0) is 9.53 Å². The average Bonchev–Trinajstić information content (AvgIpc) is 2.97. The Morgan fingerprint density at radius 2 is 2.27 bits per heavy atom. The molecule has 2 rings (SSSR count). The van der Waals surface area contributed by atoms with Gasteiger partial charge in [0, 0.05) is 19.2 Å². The Hall–Kier alpha value is -0.610. The van der Waals surface area contributed by atoms with Crippen molar-refractivity contribution in [2.24, 2.45) is 5.92 Å². The van der Waals surface area contributed by atoms with Crippen molar-refractivity contribution in [2.75, 3.05) is 19.8 Å². The summed E-state index contributed by atoms with van der Waals surface area (Å²) in [5.74, 6) is -0.283. The average molecular weight is 213 g/mol. The normalized spacial score (nSPS) is 30.9. The smallest absolute Gasteiger partial charge is 0.321 e. The summed E-state index contributed by atoms with van der Waals surface area (Å²) in [5.41, 5.74) is 0. The number of carbonyl (C=O) groups is 1. The number of ether oxygens (including phenoxy) is 1. The fraction of sp³-hybridized carbons (Fsp3) is 0.909. The summed E-state index contributed by atoms with van der Waals surface area (Å²) >= 11 is 0. The number of nitrogens with zero attached hydrogens (tertiary/aromatic N) is 1. The first-order valence-corrected chi connectivity index (χ1v) is 5.76. The fourth-order valence-corrected chi connectivity index (χ4v) is 2.36. The molecule has 1 heterocycles. The summed E-state index contributed by atoms with van der Waals surface area (Å²) < 4.78 is 5.43. The van der Waals surface area contributed by atoms with Crippen LogP contribution in [0.2, 0.25) is 0 Å². The number of carboxylic acid groups (broad SMARTS) is 1. The molecule has 2 fully saturated rings.